The Labute approximate surface area is 95.8 Å². The predicted molar refractivity (Wildman–Crippen MR) is 55.1 cm³/mol. The van der Waals surface area contributed by atoms with Gasteiger partial charge in [-0.05, 0) is 19.1 Å². The molecule has 0 spiro atoms. The molecule has 0 aliphatic rings. The van der Waals surface area contributed by atoms with E-state index in [9.17, 15) is 18.3 Å². The van der Waals surface area contributed by atoms with E-state index in [0.29, 0.717) is 0 Å². The highest BCUT2D eigenvalue weighted by Crippen LogP contribution is 2.39. The van der Waals surface area contributed by atoms with Crippen molar-refractivity contribution in [3.8, 4) is 0 Å². The molecule has 6 heteroatoms. The maximum atomic E-state index is 12.7. The number of rotatable bonds is 2. The van der Waals surface area contributed by atoms with Crippen LogP contribution in [0.15, 0.2) is 18.2 Å². The van der Waals surface area contributed by atoms with Gasteiger partial charge in [-0.15, -0.1) is 0 Å². The van der Waals surface area contributed by atoms with Crippen molar-refractivity contribution in [1.82, 2.24) is 0 Å². The molecule has 1 aromatic carbocycles. The van der Waals surface area contributed by atoms with Crippen LogP contribution in [0, 0.1) is 0 Å². The van der Waals surface area contributed by atoms with Crippen LogP contribution in [0.4, 0.5) is 13.2 Å². The lowest BCUT2D eigenvalue weighted by molar-refractivity contribution is -0.140. The Morgan fingerprint density at radius 1 is 1.38 bits per heavy atom. The summed E-state index contributed by atoms with van der Waals surface area (Å²) >= 11 is 5.68. The van der Waals surface area contributed by atoms with Crippen LogP contribution in [0.1, 0.15) is 18.1 Å². The molecule has 1 unspecified atom stereocenters. The number of alkyl halides is 3. The van der Waals surface area contributed by atoms with Gasteiger partial charge < -0.3 is 10.8 Å². The van der Waals surface area contributed by atoms with Crippen LogP contribution in [0.5, 0.6) is 0 Å². The van der Waals surface area contributed by atoms with Crippen LogP contribution in [-0.4, -0.2) is 11.7 Å². The third-order valence-electron chi connectivity index (χ3n) is 2.26. The fourth-order valence-electron chi connectivity index (χ4n) is 1.41. The lowest BCUT2D eigenvalue weighted by atomic mass is 9.91. The summed E-state index contributed by atoms with van der Waals surface area (Å²) in [5.41, 5.74) is 2.10. The second kappa shape index (κ2) is 4.24. The highest BCUT2D eigenvalue weighted by Gasteiger charge is 2.39. The first-order chi connectivity index (χ1) is 7.20. The van der Waals surface area contributed by atoms with Crippen LogP contribution in [0.25, 0.3) is 0 Å². The fourth-order valence-corrected chi connectivity index (χ4v) is 1.79. The molecule has 16 heavy (non-hydrogen) atoms. The minimum atomic E-state index is -4.57. The Morgan fingerprint density at radius 2 is 1.94 bits per heavy atom. The molecule has 1 rings (SSSR count). The first-order valence-corrected chi connectivity index (χ1v) is 4.86. The zero-order valence-corrected chi connectivity index (χ0v) is 9.23. The van der Waals surface area contributed by atoms with E-state index >= 15 is 0 Å². The standard InChI is InChI=1S/C10H11ClF3NO/c1-9(16,5-15)8-6(10(12,13)14)3-2-4-7(8)11/h2-4,16H,5,15H2,1H3. The Bertz CT molecular complexity index is 390. The van der Waals surface area contributed by atoms with Gasteiger partial charge in [-0.25, -0.2) is 0 Å². The zero-order valence-electron chi connectivity index (χ0n) is 8.48. The lowest BCUT2D eigenvalue weighted by Crippen LogP contribution is -2.34. The first-order valence-electron chi connectivity index (χ1n) is 4.49. The number of hydrogen-bond acceptors (Lipinski definition) is 2. The number of benzene rings is 1. The number of aliphatic hydroxyl groups is 1. The van der Waals surface area contributed by atoms with Crippen molar-refractivity contribution in [2.45, 2.75) is 18.7 Å². The van der Waals surface area contributed by atoms with E-state index < -0.39 is 17.3 Å². The quantitative estimate of drug-likeness (QED) is 0.851. The summed E-state index contributed by atoms with van der Waals surface area (Å²) in [5, 5.41) is 9.66. The summed E-state index contributed by atoms with van der Waals surface area (Å²) in [6.45, 7) is 0.850. The number of hydrogen-bond donors (Lipinski definition) is 2. The molecule has 0 bridgehead atoms. The van der Waals surface area contributed by atoms with Gasteiger partial charge in [0.25, 0.3) is 0 Å². The highest BCUT2D eigenvalue weighted by atomic mass is 35.5. The van der Waals surface area contributed by atoms with E-state index in [1.54, 1.807) is 0 Å². The second-order valence-corrected chi connectivity index (χ2v) is 4.05. The monoisotopic (exact) mass is 253 g/mol. The molecule has 0 amide bonds. The van der Waals surface area contributed by atoms with Crippen molar-refractivity contribution in [3.63, 3.8) is 0 Å². The Hall–Kier alpha value is -0.780. The van der Waals surface area contributed by atoms with Gasteiger partial charge >= 0.3 is 6.18 Å². The maximum Gasteiger partial charge on any atom is 0.416 e. The number of nitrogens with two attached hydrogens (primary N) is 1. The normalized spacial score (nSPS) is 15.9. The molecule has 0 fully saturated rings. The molecule has 0 saturated carbocycles. The van der Waals surface area contributed by atoms with Crippen LogP contribution < -0.4 is 5.73 Å². The van der Waals surface area contributed by atoms with Gasteiger partial charge in [-0.3, -0.25) is 0 Å². The van der Waals surface area contributed by atoms with E-state index in [-0.39, 0.29) is 17.1 Å². The maximum absolute atomic E-state index is 12.7. The molecule has 0 aromatic heterocycles. The van der Waals surface area contributed by atoms with Gasteiger partial charge in [-0.1, -0.05) is 17.7 Å². The first kappa shape index (κ1) is 13.3. The van der Waals surface area contributed by atoms with Crippen LogP contribution in [-0.2, 0) is 11.8 Å². The molecule has 0 aliphatic heterocycles. The molecule has 2 nitrogen and oxygen atoms in total. The molecule has 1 atom stereocenters. The van der Waals surface area contributed by atoms with Crippen LogP contribution in [0.2, 0.25) is 5.02 Å². The van der Waals surface area contributed by atoms with E-state index in [0.717, 1.165) is 6.07 Å². The molecule has 0 saturated heterocycles. The summed E-state index contributed by atoms with van der Waals surface area (Å²) in [6.07, 6.45) is -4.57. The van der Waals surface area contributed by atoms with Crippen molar-refractivity contribution in [2.75, 3.05) is 6.54 Å². The molecule has 0 radical (unpaired) electrons. The largest absolute Gasteiger partial charge is 0.416 e. The Balaban J connectivity index is 3.48. The summed E-state index contributed by atoms with van der Waals surface area (Å²) in [7, 11) is 0. The smallest absolute Gasteiger partial charge is 0.384 e. The topological polar surface area (TPSA) is 46.2 Å². The van der Waals surface area contributed by atoms with E-state index in [2.05, 4.69) is 0 Å². The average Bonchev–Trinajstić information content (AvgIpc) is 2.15. The molecule has 0 aliphatic carbocycles. The van der Waals surface area contributed by atoms with Crippen molar-refractivity contribution in [1.29, 1.82) is 0 Å². The molecular formula is C10H11ClF3NO. The summed E-state index contributed by atoms with van der Waals surface area (Å²) in [5.74, 6) is 0. The Kier molecular flexibility index (Phi) is 3.52. The van der Waals surface area contributed by atoms with Crippen molar-refractivity contribution in [2.24, 2.45) is 5.73 Å². The fraction of sp³-hybridized carbons (Fsp3) is 0.400. The minimum absolute atomic E-state index is 0.148. The SMILES string of the molecule is CC(O)(CN)c1c(Cl)cccc1C(F)(F)F. The van der Waals surface area contributed by atoms with Crippen LogP contribution >= 0.6 is 11.6 Å². The van der Waals surface area contributed by atoms with Crippen LogP contribution in [0.3, 0.4) is 0 Å². The van der Waals surface area contributed by atoms with E-state index in [4.69, 9.17) is 17.3 Å². The van der Waals surface area contributed by atoms with E-state index in [1.165, 1.54) is 19.1 Å². The molecule has 3 N–H and O–H groups in total. The van der Waals surface area contributed by atoms with Gasteiger partial charge in [0, 0.05) is 17.1 Å². The average molecular weight is 254 g/mol. The minimum Gasteiger partial charge on any atom is -0.384 e. The summed E-state index contributed by atoms with van der Waals surface area (Å²) in [6, 6.07) is 3.34. The van der Waals surface area contributed by atoms with Gasteiger partial charge in [0.1, 0.15) is 5.60 Å². The lowest BCUT2D eigenvalue weighted by Gasteiger charge is -2.26. The van der Waals surface area contributed by atoms with Gasteiger partial charge in [-0.2, -0.15) is 13.2 Å². The molecule has 90 valence electrons. The van der Waals surface area contributed by atoms with Crippen molar-refractivity contribution in [3.05, 3.63) is 34.3 Å². The zero-order chi connectivity index (χ0) is 12.6. The molecular weight excluding hydrogens is 243 g/mol. The second-order valence-electron chi connectivity index (χ2n) is 3.64. The Morgan fingerprint density at radius 3 is 2.38 bits per heavy atom. The van der Waals surface area contributed by atoms with E-state index in [1.807, 2.05) is 0 Å². The van der Waals surface area contributed by atoms with Gasteiger partial charge in [0.05, 0.1) is 5.56 Å². The molecule has 0 heterocycles. The van der Waals surface area contributed by atoms with Crippen molar-refractivity contribution < 1.29 is 18.3 Å². The predicted octanol–water partition coefficient (Wildman–Crippen LogP) is 2.53. The van der Waals surface area contributed by atoms with Crippen molar-refractivity contribution >= 4 is 11.6 Å². The van der Waals surface area contributed by atoms with Gasteiger partial charge in [0.15, 0.2) is 0 Å². The highest BCUT2D eigenvalue weighted by molar-refractivity contribution is 6.31. The summed E-state index contributed by atoms with van der Waals surface area (Å²) < 4.78 is 38.1. The summed E-state index contributed by atoms with van der Waals surface area (Å²) in [4.78, 5) is 0. The third-order valence-corrected chi connectivity index (χ3v) is 2.57. The molecule has 1 aromatic rings. The van der Waals surface area contributed by atoms with Gasteiger partial charge in [0.2, 0.25) is 0 Å². The third kappa shape index (κ3) is 2.48. The number of halogens is 4.